The predicted molar refractivity (Wildman–Crippen MR) is 102 cm³/mol. The molecule has 1 aliphatic carbocycles. The number of aryl methyl sites for hydroxylation is 1. The molecule has 0 saturated carbocycles. The van der Waals surface area contributed by atoms with Crippen LogP contribution in [0.25, 0.3) is 0 Å². The number of anilines is 1. The van der Waals surface area contributed by atoms with E-state index in [9.17, 15) is 4.79 Å². The number of imidazole rings is 1. The summed E-state index contributed by atoms with van der Waals surface area (Å²) in [6, 6.07) is 16.4. The van der Waals surface area contributed by atoms with E-state index in [1.54, 1.807) is 12.5 Å². The lowest BCUT2D eigenvalue weighted by Crippen LogP contribution is -2.34. The summed E-state index contributed by atoms with van der Waals surface area (Å²) in [7, 11) is 1.87. The fourth-order valence-electron chi connectivity index (χ4n) is 3.57. The third-order valence-corrected chi connectivity index (χ3v) is 5.02. The van der Waals surface area contributed by atoms with Gasteiger partial charge >= 0.3 is 6.03 Å². The molecular formula is C21H22N4O. The van der Waals surface area contributed by atoms with E-state index >= 15 is 0 Å². The molecule has 0 aliphatic heterocycles. The van der Waals surface area contributed by atoms with Crippen LogP contribution < -0.4 is 5.32 Å². The minimum absolute atomic E-state index is 0.0749. The molecule has 1 N–H and O–H groups in total. The molecule has 0 bridgehead atoms. The SMILES string of the molecule is CN(C(=O)Nc1ccc(Cn2ccnc2)cc1)C1CCc2ccccc21. The zero-order chi connectivity index (χ0) is 17.9. The van der Waals surface area contributed by atoms with Crippen molar-refractivity contribution >= 4 is 11.7 Å². The van der Waals surface area contributed by atoms with Crippen LogP contribution in [0, 0.1) is 0 Å². The smallest absolute Gasteiger partial charge is 0.322 e. The van der Waals surface area contributed by atoms with E-state index in [0.29, 0.717) is 0 Å². The largest absolute Gasteiger partial charge is 0.333 e. The standard InChI is InChI=1S/C21H22N4O/c1-24(20-11-8-17-4-2-3-5-19(17)20)21(26)23-18-9-6-16(7-10-18)14-25-13-12-22-15-25/h2-7,9-10,12-13,15,20H,8,11,14H2,1H3,(H,23,26). The molecule has 132 valence electrons. The second-order valence-corrected chi connectivity index (χ2v) is 6.73. The van der Waals surface area contributed by atoms with Crippen LogP contribution in [0.4, 0.5) is 10.5 Å². The van der Waals surface area contributed by atoms with Crippen LogP contribution in [-0.4, -0.2) is 27.5 Å². The van der Waals surface area contributed by atoms with Gasteiger partial charge in [0.1, 0.15) is 0 Å². The number of benzene rings is 2. The zero-order valence-corrected chi connectivity index (χ0v) is 14.8. The Labute approximate surface area is 153 Å². The minimum atomic E-state index is -0.0749. The predicted octanol–water partition coefficient (Wildman–Crippen LogP) is 4.08. The molecule has 1 atom stereocenters. The maximum absolute atomic E-state index is 12.7. The number of nitrogens with one attached hydrogen (secondary N) is 1. The normalized spacial score (nSPS) is 15.5. The number of hydrogen-bond acceptors (Lipinski definition) is 2. The van der Waals surface area contributed by atoms with Crippen LogP contribution in [0.2, 0.25) is 0 Å². The first-order valence-corrected chi connectivity index (χ1v) is 8.87. The number of hydrogen-bond donors (Lipinski definition) is 1. The molecule has 1 unspecified atom stereocenters. The molecule has 4 rings (SSSR count). The van der Waals surface area contributed by atoms with Gasteiger partial charge in [-0.05, 0) is 41.7 Å². The lowest BCUT2D eigenvalue weighted by atomic mass is 10.1. The van der Waals surface area contributed by atoms with Gasteiger partial charge in [0.05, 0.1) is 12.4 Å². The molecule has 2 aromatic carbocycles. The monoisotopic (exact) mass is 346 g/mol. The molecule has 0 fully saturated rings. The molecule has 3 aromatic rings. The summed E-state index contributed by atoms with van der Waals surface area (Å²) in [6.45, 7) is 0.771. The Morgan fingerprint density at radius 1 is 1.23 bits per heavy atom. The first kappa shape index (κ1) is 16.4. The van der Waals surface area contributed by atoms with Crippen molar-refractivity contribution in [2.24, 2.45) is 0 Å². The number of rotatable bonds is 4. The molecule has 1 aliphatic rings. The van der Waals surface area contributed by atoms with E-state index in [1.807, 2.05) is 53.0 Å². The number of aromatic nitrogens is 2. The van der Waals surface area contributed by atoms with E-state index in [0.717, 1.165) is 25.1 Å². The second-order valence-electron chi connectivity index (χ2n) is 6.73. The van der Waals surface area contributed by atoms with Crippen LogP contribution in [-0.2, 0) is 13.0 Å². The van der Waals surface area contributed by atoms with Crippen LogP contribution in [0.15, 0.2) is 67.3 Å². The Morgan fingerprint density at radius 2 is 2.04 bits per heavy atom. The third kappa shape index (κ3) is 3.33. The minimum Gasteiger partial charge on any atom is -0.333 e. The molecule has 26 heavy (non-hydrogen) atoms. The van der Waals surface area contributed by atoms with Gasteiger partial charge in [-0.2, -0.15) is 0 Å². The highest BCUT2D eigenvalue weighted by atomic mass is 16.2. The molecule has 5 nitrogen and oxygen atoms in total. The van der Waals surface area contributed by atoms with Gasteiger partial charge in [-0.25, -0.2) is 9.78 Å². The van der Waals surface area contributed by atoms with Crippen molar-refractivity contribution in [2.45, 2.75) is 25.4 Å². The van der Waals surface area contributed by atoms with E-state index < -0.39 is 0 Å². The first-order valence-electron chi connectivity index (χ1n) is 8.87. The van der Waals surface area contributed by atoms with Gasteiger partial charge in [0.15, 0.2) is 0 Å². The van der Waals surface area contributed by atoms with Crippen molar-refractivity contribution in [3.05, 3.63) is 83.9 Å². The van der Waals surface area contributed by atoms with Gasteiger partial charge in [0.2, 0.25) is 0 Å². The van der Waals surface area contributed by atoms with Crippen LogP contribution >= 0.6 is 0 Å². The average molecular weight is 346 g/mol. The zero-order valence-electron chi connectivity index (χ0n) is 14.8. The van der Waals surface area contributed by atoms with Gasteiger partial charge in [-0.1, -0.05) is 36.4 Å². The maximum Gasteiger partial charge on any atom is 0.322 e. The fraction of sp³-hybridized carbons (Fsp3) is 0.238. The highest BCUT2D eigenvalue weighted by Crippen LogP contribution is 2.35. The summed E-state index contributed by atoms with van der Waals surface area (Å²) in [6.07, 6.45) is 7.51. The number of urea groups is 1. The van der Waals surface area contributed by atoms with Crippen LogP contribution in [0.3, 0.4) is 0 Å². The van der Waals surface area contributed by atoms with Gasteiger partial charge in [0, 0.05) is 31.7 Å². The molecule has 5 heteroatoms. The molecule has 1 heterocycles. The molecule has 1 aromatic heterocycles. The van der Waals surface area contributed by atoms with Gasteiger partial charge in [0.25, 0.3) is 0 Å². The fourth-order valence-corrected chi connectivity index (χ4v) is 3.57. The van der Waals surface area contributed by atoms with Gasteiger partial charge < -0.3 is 14.8 Å². The number of nitrogens with zero attached hydrogens (tertiary/aromatic N) is 3. The number of carbonyl (C=O) groups is 1. The van der Waals surface area contributed by atoms with Gasteiger partial charge in [-0.3, -0.25) is 0 Å². The Kier molecular flexibility index (Phi) is 4.44. The molecule has 0 saturated heterocycles. The molecule has 0 radical (unpaired) electrons. The summed E-state index contributed by atoms with van der Waals surface area (Å²) in [4.78, 5) is 18.5. The maximum atomic E-state index is 12.7. The summed E-state index contributed by atoms with van der Waals surface area (Å²) >= 11 is 0. The Bertz CT molecular complexity index is 887. The van der Waals surface area contributed by atoms with E-state index in [4.69, 9.17) is 0 Å². The number of carbonyl (C=O) groups excluding carboxylic acids is 1. The third-order valence-electron chi connectivity index (χ3n) is 5.02. The summed E-state index contributed by atoms with van der Waals surface area (Å²) < 4.78 is 2.01. The van der Waals surface area contributed by atoms with Crippen molar-refractivity contribution in [1.82, 2.24) is 14.5 Å². The van der Waals surface area contributed by atoms with Crippen molar-refractivity contribution in [1.29, 1.82) is 0 Å². The van der Waals surface area contributed by atoms with E-state index in [-0.39, 0.29) is 12.1 Å². The van der Waals surface area contributed by atoms with Crippen molar-refractivity contribution < 1.29 is 4.79 Å². The summed E-state index contributed by atoms with van der Waals surface area (Å²) in [5, 5.41) is 3.00. The summed E-state index contributed by atoms with van der Waals surface area (Å²) in [5.74, 6) is 0. The van der Waals surface area contributed by atoms with Crippen molar-refractivity contribution in [2.75, 3.05) is 12.4 Å². The van der Waals surface area contributed by atoms with Crippen molar-refractivity contribution in [3.8, 4) is 0 Å². The van der Waals surface area contributed by atoms with E-state index in [1.165, 1.54) is 16.7 Å². The molecule has 0 spiro atoms. The lowest BCUT2D eigenvalue weighted by molar-refractivity contribution is 0.204. The highest BCUT2D eigenvalue weighted by molar-refractivity contribution is 5.89. The van der Waals surface area contributed by atoms with Gasteiger partial charge in [-0.15, -0.1) is 0 Å². The second kappa shape index (κ2) is 7.04. The van der Waals surface area contributed by atoms with Crippen LogP contribution in [0.5, 0.6) is 0 Å². The lowest BCUT2D eigenvalue weighted by Gasteiger charge is -2.25. The molecule has 2 amide bonds. The quantitative estimate of drug-likeness (QED) is 0.774. The number of amides is 2. The van der Waals surface area contributed by atoms with Crippen molar-refractivity contribution in [3.63, 3.8) is 0 Å². The average Bonchev–Trinajstić information content (AvgIpc) is 3.32. The number of fused-ring (bicyclic) bond motifs is 1. The topological polar surface area (TPSA) is 50.2 Å². The Hall–Kier alpha value is -3.08. The highest BCUT2D eigenvalue weighted by Gasteiger charge is 2.28. The van der Waals surface area contributed by atoms with Crippen LogP contribution in [0.1, 0.15) is 29.2 Å². The van der Waals surface area contributed by atoms with E-state index in [2.05, 4.69) is 28.5 Å². The summed E-state index contributed by atoms with van der Waals surface area (Å²) in [5.41, 5.74) is 4.59. The Balaban J connectivity index is 1.40. The Morgan fingerprint density at radius 3 is 2.81 bits per heavy atom. The first-order chi connectivity index (χ1) is 12.7. The molecular weight excluding hydrogens is 324 g/mol.